The molecule has 0 bridgehead atoms. The molecule has 0 atom stereocenters. The van der Waals surface area contributed by atoms with Crippen LogP contribution in [0.2, 0.25) is 0 Å². The summed E-state index contributed by atoms with van der Waals surface area (Å²) >= 11 is 0. The minimum atomic E-state index is -0.131. The molecule has 0 aliphatic carbocycles. The Hall–Kier alpha value is -2.32. The fraction of sp³-hybridized carbons (Fsp3) is 0.333. The van der Waals surface area contributed by atoms with Crippen LogP contribution in [0.3, 0.4) is 0 Å². The van der Waals surface area contributed by atoms with Crippen molar-refractivity contribution >= 4 is 16.6 Å². The van der Waals surface area contributed by atoms with E-state index in [9.17, 15) is 4.79 Å². The summed E-state index contributed by atoms with van der Waals surface area (Å²) in [7, 11) is 0. The molecule has 0 spiro atoms. The van der Waals surface area contributed by atoms with E-state index in [1.165, 1.54) is 16.3 Å². The second-order valence-corrected chi connectivity index (χ2v) is 4.90. The van der Waals surface area contributed by atoms with Crippen LogP contribution in [0.1, 0.15) is 0 Å². The summed E-state index contributed by atoms with van der Waals surface area (Å²) in [5.74, 6) is 0. The van der Waals surface area contributed by atoms with Crippen molar-refractivity contribution in [2.24, 2.45) is 0 Å². The molecular formula is C15H16N4O. The lowest BCUT2D eigenvalue weighted by atomic mass is 10.1. The van der Waals surface area contributed by atoms with Crippen molar-refractivity contribution < 1.29 is 0 Å². The van der Waals surface area contributed by atoms with E-state index in [-0.39, 0.29) is 12.1 Å². The number of piperazine rings is 1. The molecule has 102 valence electrons. The first kappa shape index (κ1) is 12.7. The molecule has 5 nitrogen and oxygen atoms in total. The van der Waals surface area contributed by atoms with Crippen LogP contribution < -0.4 is 15.8 Å². The molecule has 0 radical (unpaired) electrons. The molecule has 1 N–H and O–H groups in total. The zero-order valence-electron chi connectivity index (χ0n) is 11.2. The number of anilines is 1. The van der Waals surface area contributed by atoms with E-state index >= 15 is 0 Å². The highest BCUT2D eigenvalue weighted by molar-refractivity contribution is 5.83. The van der Waals surface area contributed by atoms with Gasteiger partial charge >= 0.3 is 0 Å². The van der Waals surface area contributed by atoms with Gasteiger partial charge in [0.05, 0.1) is 11.6 Å². The van der Waals surface area contributed by atoms with Crippen LogP contribution in [0, 0.1) is 11.3 Å². The molecule has 5 heteroatoms. The summed E-state index contributed by atoms with van der Waals surface area (Å²) in [5.41, 5.74) is 1.85. The van der Waals surface area contributed by atoms with Gasteiger partial charge in [-0.05, 0) is 24.3 Å². The Balaban J connectivity index is 2.06. The maximum absolute atomic E-state index is 11.8. The summed E-state index contributed by atoms with van der Waals surface area (Å²) in [6.45, 7) is 4.05. The van der Waals surface area contributed by atoms with Gasteiger partial charge in [0.2, 0.25) is 0 Å². The third-order valence-corrected chi connectivity index (χ3v) is 3.68. The normalized spacial score (nSPS) is 15.2. The standard InChI is InChI=1S/C15H16N4O/c16-5-8-19-14-3-2-13(18-9-6-17-7-10-18)11-12(14)1-4-15(19)20/h1-4,11,17H,6-10H2. The second kappa shape index (κ2) is 5.35. The quantitative estimate of drug-likeness (QED) is 0.880. The highest BCUT2D eigenvalue weighted by Gasteiger charge is 2.11. The summed E-state index contributed by atoms with van der Waals surface area (Å²) in [4.78, 5) is 14.1. The molecule has 1 saturated heterocycles. The van der Waals surface area contributed by atoms with Gasteiger partial charge in [0.1, 0.15) is 6.54 Å². The largest absolute Gasteiger partial charge is 0.369 e. The first-order valence-electron chi connectivity index (χ1n) is 6.76. The number of hydrogen-bond donors (Lipinski definition) is 1. The van der Waals surface area contributed by atoms with Gasteiger partial charge in [-0.1, -0.05) is 0 Å². The fourth-order valence-electron chi connectivity index (χ4n) is 2.64. The molecular weight excluding hydrogens is 252 g/mol. The monoisotopic (exact) mass is 268 g/mol. The lowest BCUT2D eigenvalue weighted by molar-refractivity contribution is 0.589. The molecule has 1 aliphatic rings. The van der Waals surface area contributed by atoms with Crippen molar-refractivity contribution in [3.63, 3.8) is 0 Å². The SMILES string of the molecule is N#CCn1c(=O)ccc2cc(N3CCNCC3)ccc21. The van der Waals surface area contributed by atoms with Crippen LogP contribution in [-0.4, -0.2) is 30.7 Å². The predicted molar refractivity (Wildman–Crippen MR) is 78.9 cm³/mol. The Bertz CT molecular complexity index is 723. The molecule has 20 heavy (non-hydrogen) atoms. The number of fused-ring (bicyclic) bond motifs is 1. The second-order valence-electron chi connectivity index (χ2n) is 4.90. The van der Waals surface area contributed by atoms with Crippen LogP contribution in [0.5, 0.6) is 0 Å². The Kier molecular flexibility index (Phi) is 3.40. The summed E-state index contributed by atoms with van der Waals surface area (Å²) in [5, 5.41) is 13.2. The Morgan fingerprint density at radius 1 is 1.20 bits per heavy atom. The van der Waals surface area contributed by atoms with Gasteiger partial charge in [-0.2, -0.15) is 5.26 Å². The summed E-state index contributed by atoms with van der Waals surface area (Å²) in [6.07, 6.45) is 0. The van der Waals surface area contributed by atoms with E-state index < -0.39 is 0 Å². The van der Waals surface area contributed by atoms with Crippen LogP contribution in [0.25, 0.3) is 10.9 Å². The van der Waals surface area contributed by atoms with E-state index in [2.05, 4.69) is 16.3 Å². The van der Waals surface area contributed by atoms with Crippen molar-refractivity contribution in [3.05, 3.63) is 40.7 Å². The van der Waals surface area contributed by atoms with E-state index in [0.717, 1.165) is 37.1 Å². The molecule has 0 amide bonds. The zero-order chi connectivity index (χ0) is 13.9. The molecule has 1 fully saturated rings. The number of benzene rings is 1. The highest BCUT2D eigenvalue weighted by Crippen LogP contribution is 2.21. The Morgan fingerprint density at radius 3 is 2.75 bits per heavy atom. The number of rotatable bonds is 2. The van der Waals surface area contributed by atoms with Crippen LogP contribution in [-0.2, 0) is 6.54 Å². The average molecular weight is 268 g/mol. The summed E-state index contributed by atoms with van der Waals surface area (Å²) < 4.78 is 1.51. The number of nitriles is 1. The third kappa shape index (κ3) is 2.26. The van der Waals surface area contributed by atoms with Crippen molar-refractivity contribution in [2.75, 3.05) is 31.1 Å². The minimum absolute atomic E-state index is 0.0865. The predicted octanol–water partition coefficient (Wildman–Crippen LogP) is 0.935. The zero-order valence-corrected chi connectivity index (χ0v) is 11.2. The molecule has 0 saturated carbocycles. The number of nitrogens with zero attached hydrogens (tertiary/aromatic N) is 3. The maximum Gasteiger partial charge on any atom is 0.251 e. The fourth-order valence-corrected chi connectivity index (χ4v) is 2.64. The Labute approximate surface area is 117 Å². The van der Waals surface area contributed by atoms with Crippen LogP contribution in [0.4, 0.5) is 5.69 Å². The smallest absolute Gasteiger partial charge is 0.251 e. The first-order chi connectivity index (χ1) is 9.79. The van der Waals surface area contributed by atoms with Gasteiger partial charge < -0.3 is 10.2 Å². The van der Waals surface area contributed by atoms with Crippen molar-refractivity contribution in [3.8, 4) is 6.07 Å². The van der Waals surface area contributed by atoms with Crippen molar-refractivity contribution in [1.29, 1.82) is 5.26 Å². The van der Waals surface area contributed by atoms with Gasteiger partial charge in [-0.25, -0.2) is 0 Å². The molecule has 2 aromatic rings. The number of hydrogen-bond acceptors (Lipinski definition) is 4. The van der Waals surface area contributed by atoms with Crippen LogP contribution in [0.15, 0.2) is 35.1 Å². The van der Waals surface area contributed by atoms with Crippen molar-refractivity contribution in [1.82, 2.24) is 9.88 Å². The van der Waals surface area contributed by atoms with Gasteiger partial charge in [0.15, 0.2) is 0 Å². The van der Waals surface area contributed by atoms with E-state index in [4.69, 9.17) is 5.26 Å². The third-order valence-electron chi connectivity index (χ3n) is 3.68. The molecule has 1 aromatic heterocycles. The van der Waals surface area contributed by atoms with E-state index in [0.29, 0.717) is 0 Å². The molecule has 3 rings (SSSR count). The van der Waals surface area contributed by atoms with Gasteiger partial charge in [-0.15, -0.1) is 0 Å². The Morgan fingerprint density at radius 2 is 2.00 bits per heavy atom. The van der Waals surface area contributed by atoms with Crippen LogP contribution >= 0.6 is 0 Å². The van der Waals surface area contributed by atoms with E-state index in [1.54, 1.807) is 0 Å². The van der Waals surface area contributed by atoms with Gasteiger partial charge in [-0.3, -0.25) is 9.36 Å². The first-order valence-corrected chi connectivity index (χ1v) is 6.76. The lowest BCUT2D eigenvalue weighted by Gasteiger charge is -2.29. The number of nitrogens with one attached hydrogen (secondary N) is 1. The number of aromatic nitrogens is 1. The highest BCUT2D eigenvalue weighted by atomic mass is 16.1. The van der Waals surface area contributed by atoms with Gasteiger partial charge in [0, 0.05) is 43.3 Å². The molecule has 0 unspecified atom stereocenters. The molecule has 1 aromatic carbocycles. The van der Waals surface area contributed by atoms with Gasteiger partial charge in [0.25, 0.3) is 5.56 Å². The van der Waals surface area contributed by atoms with E-state index in [1.807, 2.05) is 24.3 Å². The maximum atomic E-state index is 11.8. The minimum Gasteiger partial charge on any atom is -0.369 e. The topological polar surface area (TPSA) is 61.1 Å². The van der Waals surface area contributed by atoms with Crippen molar-refractivity contribution in [2.45, 2.75) is 6.54 Å². The lowest BCUT2D eigenvalue weighted by Crippen LogP contribution is -2.43. The molecule has 1 aliphatic heterocycles. The average Bonchev–Trinajstić information content (AvgIpc) is 2.51. The number of pyridine rings is 1. The molecule has 2 heterocycles. The summed E-state index contributed by atoms with van der Waals surface area (Å²) in [6, 6.07) is 11.5.